The molecule has 0 saturated carbocycles. The molecular formula is C29H29NO5. The quantitative estimate of drug-likeness (QED) is 0.282. The smallest absolute Gasteiger partial charge is 0.295 e. The third-order valence-corrected chi connectivity index (χ3v) is 6.20. The van der Waals surface area contributed by atoms with Crippen molar-refractivity contribution < 1.29 is 24.2 Å². The zero-order valence-corrected chi connectivity index (χ0v) is 20.2. The molecule has 1 N–H and O–H groups in total. The number of ether oxygens (including phenoxy) is 2. The highest BCUT2D eigenvalue weighted by Gasteiger charge is 2.45. The second kappa shape index (κ2) is 10.5. The number of rotatable bonds is 8. The fraction of sp³-hybridized carbons (Fsp3) is 0.241. The third kappa shape index (κ3) is 4.92. The molecule has 4 rings (SSSR count). The highest BCUT2D eigenvalue weighted by Crippen LogP contribution is 2.39. The molecule has 3 aromatic rings. The average molecular weight is 472 g/mol. The van der Waals surface area contributed by atoms with E-state index in [4.69, 9.17) is 9.47 Å². The maximum absolute atomic E-state index is 13.2. The molecule has 0 bridgehead atoms. The van der Waals surface area contributed by atoms with E-state index in [0.717, 1.165) is 22.4 Å². The van der Waals surface area contributed by atoms with Crippen LogP contribution in [0.2, 0.25) is 0 Å². The summed E-state index contributed by atoms with van der Waals surface area (Å²) >= 11 is 0. The van der Waals surface area contributed by atoms with Crippen molar-refractivity contribution in [3.8, 4) is 11.5 Å². The number of hydrogen-bond donors (Lipinski definition) is 1. The van der Waals surface area contributed by atoms with E-state index in [9.17, 15) is 14.7 Å². The summed E-state index contributed by atoms with van der Waals surface area (Å²) in [5, 5.41) is 11.3. The summed E-state index contributed by atoms with van der Waals surface area (Å²) in [5.41, 5.74) is 3.19. The Morgan fingerprint density at radius 1 is 1.00 bits per heavy atom. The van der Waals surface area contributed by atoms with Crippen molar-refractivity contribution in [3.05, 3.63) is 101 Å². The van der Waals surface area contributed by atoms with Gasteiger partial charge in [-0.2, -0.15) is 0 Å². The molecule has 1 fully saturated rings. The summed E-state index contributed by atoms with van der Waals surface area (Å²) in [6.45, 7) is 4.64. The van der Waals surface area contributed by atoms with Gasteiger partial charge in [0.1, 0.15) is 17.3 Å². The number of benzene rings is 3. The Labute approximate surface area is 205 Å². The second-order valence-electron chi connectivity index (χ2n) is 8.41. The lowest BCUT2D eigenvalue weighted by atomic mass is 9.94. The highest BCUT2D eigenvalue weighted by molar-refractivity contribution is 6.46. The SMILES string of the molecule is CCOc1ccc(/C(O)=C2/C(=O)C(=O)N(CCc3ccc(OC)cc3)C2c2ccccc2)cc1C. The van der Waals surface area contributed by atoms with Gasteiger partial charge >= 0.3 is 0 Å². The van der Waals surface area contributed by atoms with Crippen LogP contribution in [0.1, 0.15) is 35.2 Å². The molecule has 0 aromatic heterocycles. The summed E-state index contributed by atoms with van der Waals surface area (Å²) < 4.78 is 10.8. The van der Waals surface area contributed by atoms with Gasteiger partial charge in [0, 0.05) is 12.1 Å². The summed E-state index contributed by atoms with van der Waals surface area (Å²) in [5.74, 6) is -0.0165. The van der Waals surface area contributed by atoms with E-state index in [1.54, 1.807) is 30.2 Å². The fourth-order valence-corrected chi connectivity index (χ4v) is 4.40. The molecule has 1 atom stereocenters. The number of likely N-dealkylation sites (tertiary alicyclic amines) is 1. The predicted molar refractivity (Wildman–Crippen MR) is 134 cm³/mol. The molecule has 0 spiro atoms. The van der Waals surface area contributed by atoms with Crippen molar-refractivity contribution >= 4 is 17.4 Å². The fourth-order valence-electron chi connectivity index (χ4n) is 4.40. The number of aliphatic hydroxyl groups is 1. The van der Waals surface area contributed by atoms with Gasteiger partial charge in [0.15, 0.2) is 0 Å². The monoisotopic (exact) mass is 471 g/mol. The number of nitrogens with zero attached hydrogens (tertiary/aromatic N) is 1. The third-order valence-electron chi connectivity index (χ3n) is 6.20. The summed E-state index contributed by atoms with van der Waals surface area (Å²) in [6, 6.07) is 21.5. The molecule has 6 nitrogen and oxygen atoms in total. The Hall–Kier alpha value is -4.06. The van der Waals surface area contributed by atoms with E-state index in [2.05, 4.69) is 0 Å². The molecule has 1 aliphatic heterocycles. The minimum Gasteiger partial charge on any atom is -0.507 e. The van der Waals surface area contributed by atoms with Crippen LogP contribution >= 0.6 is 0 Å². The zero-order chi connectivity index (χ0) is 24.9. The lowest BCUT2D eigenvalue weighted by Gasteiger charge is -2.25. The van der Waals surface area contributed by atoms with Gasteiger partial charge in [-0.05, 0) is 67.3 Å². The van der Waals surface area contributed by atoms with Crippen LogP contribution in [-0.4, -0.2) is 42.0 Å². The molecule has 3 aromatic carbocycles. The Balaban J connectivity index is 1.72. The minimum absolute atomic E-state index is 0.0968. The number of hydrogen-bond acceptors (Lipinski definition) is 5. The Kier molecular flexibility index (Phi) is 7.20. The highest BCUT2D eigenvalue weighted by atomic mass is 16.5. The number of ketones is 1. The zero-order valence-electron chi connectivity index (χ0n) is 20.2. The maximum atomic E-state index is 13.2. The van der Waals surface area contributed by atoms with E-state index in [-0.39, 0.29) is 11.3 Å². The number of Topliss-reactive ketones (excluding diaryl/α,β-unsaturated/α-hetero) is 1. The molecule has 1 aliphatic rings. The molecular weight excluding hydrogens is 442 g/mol. The molecule has 1 heterocycles. The van der Waals surface area contributed by atoms with Crippen molar-refractivity contribution in [2.45, 2.75) is 26.3 Å². The first kappa shape index (κ1) is 24.1. The van der Waals surface area contributed by atoms with Crippen LogP contribution in [-0.2, 0) is 16.0 Å². The predicted octanol–water partition coefficient (Wildman–Crippen LogP) is 5.07. The van der Waals surface area contributed by atoms with Crippen LogP contribution in [0.15, 0.2) is 78.4 Å². The molecule has 35 heavy (non-hydrogen) atoms. The van der Waals surface area contributed by atoms with E-state index in [0.29, 0.717) is 30.9 Å². The number of carbonyl (C=O) groups excluding carboxylic acids is 2. The van der Waals surface area contributed by atoms with Gasteiger partial charge in [-0.1, -0.05) is 42.5 Å². The molecule has 1 unspecified atom stereocenters. The molecule has 6 heteroatoms. The molecule has 1 amide bonds. The maximum Gasteiger partial charge on any atom is 0.295 e. The van der Waals surface area contributed by atoms with Gasteiger partial charge in [0.05, 0.1) is 25.3 Å². The number of aliphatic hydroxyl groups excluding tert-OH is 1. The largest absolute Gasteiger partial charge is 0.507 e. The first-order chi connectivity index (χ1) is 16.9. The summed E-state index contributed by atoms with van der Waals surface area (Å²) in [6.07, 6.45) is 0.558. The average Bonchev–Trinajstić information content (AvgIpc) is 3.14. The van der Waals surface area contributed by atoms with Gasteiger partial charge in [0.25, 0.3) is 11.7 Å². The standard InChI is InChI=1S/C29H29NO5/c1-4-35-24-15-12-22(18-19(24)2)27(31)25-26(21-8-6-5-7-9-21)30(29(33)28(25)32)17-16-20-10-13-23(34-3)14-11-20/h5-15,18,26,31H,4,16-17H2,1-3H3/b27-25-. The van der Waals surface area contributed by atoms with E-state index < -0.39 is 17.7 Å². The molecule has 0 aliphatic carbocycles. The van der Waals surface area contributed by atoms with Gasteiger partial charge in [-0.15, -0.1) is 0 Å². The lowest BCUT2D eigenvalue weighted by molar-refractivity contribution is -0.139. The van der Waals surface area contributed by atoms with Crippen molar-refractivity contribution in [1.29, 1.82) is 0 Å². The summed E-state index contributed by atoms with van der Waals surface area (Å²) in [7, 11) is 1.61. The molecule has 180 valence electrons. The van der Waals surface area contributed by atoms with Crippen molar-refractivity contribution in [1.82, 2.24) is 4.90 Å². The number of methoxy groups -OCH3 is 1. The van der Waals surface area contributed by atoms with Crippen LogP contribution < -0.4 is 9.47 Å². The first-order valence-corrected chi connectivity index (χ1v) is 11.6. The van der Waals surface area contributed by atoms with Gasteiger partial charge in [-0.25, -0.2) is 0 Å². The van der Waals surface area contributed by atoms with Gasteiger partial charge in [-0.3, -0.25) is 9.59 Å². The van der Waals surface area contributed by atoms with Crippen LogP contribution in [0, 0.1) is 6.92 Å². The first-order valence-electron chi connectivity index (χ1n) is 11.6. The van der Waals surface area contributed by atoms with Gasteiger partial charge in [0.2, 0.25) is 0 Å². The van der Waals surface area contributed by atoms with Crippen molar-refractivity contribution in [2.75, 3.05) is 20.3 Å². The normalized spacial score (nSPS) is 17.0. The topological polar surface area (TPSA) is 76.1 Å². The second-order valence-corrected chi connectivity index (χ2v) is 8.41. The number of amides is 1. The van der Waals surface area contributed by atoms with Crippen LogP contribution in [0.4, 0.5) is 0 Å². The summed E-state index contributed by atoms with van der Waals surface area (Å²) in [4.78, 5) is 27.9. The van der Waals surface area contributed by atoms with Crippen LogP contribution in [0.3, 0.4) is 0 Å². The lowest BCUT2D eigenvalue weighted by Crippen LogP contribution is -2.31. The van der Waals surface area contributed by atoms with Gasteiger partial charge < -0.3 is 19.5 Å². The number of carbonyl (C=O) groups is 2. The molecule has 0 radical (unpaired) electrons. The van der Waals surface area contributed by atoms with Crippen LogP contribution in [0.5, 0.6) is 11.5 Å². The van der Waals surface area contributed by atoms with Crippen LogP contribution in [0.25, 0.3) is 5.76 Å². The Morgan fingerprint density at radius 2 is 1.71 bits per heavy atom. The van der Waals surface area contributed by atoms with Crippen molar-refractivity contribution in [3.63, 3.8) is 0 Å². The number of aryl methyl sites for hydroxylation is 1. The Bertz CT molecular complexity index is 1250. The molecule has 1 saturated heterocycles. The van der Waals surface area contributed by atoms with E-state index in [1.807, 2.05) is 68.4 Å². The minimum atomic E-state index is -0.683. The van der Waals surface area contributed by atoms with Crippen molar-refractivity contribution in [2.24, 2.45) is 0 Å². The van der Waals surface area contributed by atoms with E-state index >= 15 is 0 Å². The van der Waals surface area contributed by atoms with E-state index in [1.165, 1.54) is 0 Å². The Morgan fingerprint density at radius 3 is 2.34 bits per heavy atom.